The molecule has 4 heteroatoms. The summed E-state index contributed by atoms with van der Waals surface area (Å²) >= 11 is 0. The number of unbranched alkanes of at least 4 members (excludes halogenated alkanes) is 1. The summed E-state index contributed by atoms with van der Waals surface area (Å²) < 4.78 is 8.09. The van der Waals surface area contributed by atoms with Gasteiger partial charge in [-0.3, -0.25) is 0 Å². The number of nitrogens with one attached hydrogen (secondary N) is 1. The smallest absolute Gasteiger partial charge is 0.408 e. The molecule has 0 atom stereocenters. The van der Waals surface area contributed by atoms with Crippen molar-refractivity contribution in [2.24, 2.45) is 5.92 Å². The van der Waals surface area contributed by atoms with Crippen LogP contribution in [0.4, 0.5) is 4.79 Å². The predicted octanol–water partition coefficient (Wildman–Crippen LogP) is 6.55. The SMILES string of the molecule is CCCCNC(=O)Oc1cc(-c2ccc(C)cc2C)n(CC2CCCCC2)c1C. The van der Waals surface area contributed by atoms with Crippen molar-refractivity contribution in [3.05, 3.63) is 41.1 Å². The molecule has 3 rings (SSSR count). The second-order valence-corrected chi connectivity index (χ2v) is 8.58. The number of nitrogens with zero attached hydrogens (tertiary/aromatic N) is 1. The number of carbonyl (C=O) groups excluding carboxylic acids is 1. The summed E-state index contributed by atoms with van der Waals surface area (Å²) in [5, 5.41) is 2.86. The molecule has 1 saturated carbocycles. The number of amides is 1. The molecule has 2 aromatic rings. The van der Waals surface area contributed by atoms with Crippen LogP contribution in [0.25, 0.3) is 11.3 Å². The van der Waals surface area contributed by atoms with Gasteiger partial charge in [0.1, 0.15) is 0 Å². The first-order valence-electron chi connectivity index (χ1n) is 11.2. The molecule has 1 fully saturated rings. The maximum Gasteiger partial charge on any atom is 0.412 e. The number of ether oxygens (including phenoxy) is 1. The van der Waals surface area contributed by atoms with E-state index in [4.69, 9.17) is 4.74 Å². The van der Waals surface area contributed by atoms with Crippen molar-refractivity contribution in [3.63, 3.8) is 0 Å². The fourth-order valence-electron chi connectivity index (χ4n) is 4.41. The third kappa shape index (κ3) is 5.43. The van der Waals surface area contributed by atoms with E-state index in [2.05, 4.69) is 61.8 Å². The lowest BCUT2D eigenvalue weighted by Crippen LogP contribution is -2.27. The van der Waals surface area contributed by atoms with Gasteiger partial charge in [0.25, 0.3) is 0 Å². The fourth-order valence-corrected chi connectivity index (χ4v) is 4.41. The van der Waals surface area contributed by atoms with Crippen molar-refractivity contribution in [1.29, 1.82) is 0 Å². The third-order valence-corrected chi connectivity index (χ3v) is 6.15. The zero-order valence-corrected chi connectivity index (χ0v) is 18.5. The molecule has 1 amide bonds. The van der Waals surface area contributed by atoms with Crippen molar-refractivity contribution >= 4 is 6.09 Å². The molecule has 0 spiro atoms. The highest BCUT2D eigenvalue weighted by Gasteiger charge is 2.22. The number of benzene rings is 1. The van der Waals surface area contributed by atoms with E-state index in [0.717, 1.165) is 30.8 Å². The van der Waals surface area contributed by atoms with E-state index in [1.54, 1.807) is 0 Å². The summed E-state index contributed by atoms with van der Waals surface area (Å²) in [6.45, 7) is 10.1. The van der Waals surface area contributed by atoms with E-state index in [1.807, 2.05) is 0 Å². The van der Waals surface area contributed by atoms with Gasteiger partial charge in [-0.25, -0.2) is 4.79 Å². The molecule has 1 aliphatic carbocycles. The second kappa shape index (κ2) is 10.00. The van der Waals surface area contributed by atoms with Gasteiger partial charge in [0.15, 0.2) is 5.75 Å². The molecule has 1 aromatic heterocycles. The first kappa shape index (κ1) is 21.5. The fraction of sp³-hybridized carbons (Fsp3) is 0.560. The second-order valence-electron chi connectivity index (χ2n) is 8.58. The topological polar surface area (TPSA) is 43.3 Å². The number of aromatic nitrogens is 1. The summed E-state index contributed by atoms with van der Waals surface area (Å²) in [5.74, 6) is 1.37. The van der Waals surface area contributed by atoms with Crippen molar-refractivity contribution in [2.75, 3.05) is 6.54 Å². The van der Waals surface area contributed by atoms with Crippen molar-refractivity contribution in [1.82, 2.24) is 9.88 Å². The lowest BCUT2D eigenvalue weighted by atomic mass is 9.89. The van der Waals surface area contributed by atoms with E-state index in [9.17, 15) is 4.79 Å². The minimum absolute atomic E-state index is 0.358. The molecule has 1 aromatic carbocycles. The van der Waals surface area contributed by atoms with E-state index < -0.39 is 0 Å². The Labute approximate surface area is 175 Å². The Kier molecular flexibility index (Phi) is 7.40. The highest BCUT2D eigenvalue weighted by Crippen LogP contribution is 2.35. The van der Waals surface area contributed by atoms with Crippen LogP contribution in [0.2, 0.25) is 0 Å². The van der Waals surface area contributed by atoms with E-state index in [0.29, 0.717) is 18.2 Å². The summed E-state index contributed by atoms with van der Waals surface area (Å²) in [4.78, 5) is 12.3. The van der Waals surface area contributed by atoms with E-state index in [-0.39, 0.29) is 6.09 Å². The van der Waals surface area contributed by atoms with Crippen LogP contribution in [-0.4, -0.2) is 17.2 Å². The molecule has 0 unspecified atom stereocenters. The molecule has 0 radical (unpaired) electrons. The molecule has 158 valence electrons. The van der Waals surface area contributed by atoms with Gasteiger partial charge in [-0.05, 0) is 51.5 Å². The largest absolute Gasteiger partial charge is 0.412 e. The standard InChI is InChI=1S/C25H36N2O2/c1-5-6-14-26-25(28)29-24-16-23(22-13-12-18(2)15-19(22)3)27(20(24)4)17-21-10-8-7-9-11-21/h12-13,15-16,21H,5-11,14,17H2,1-4H3,(H,26,28). The van der Waals surface area contributed by atoms with Crippen molar-refractivity contribution < 1.29 is 9.53 Å². The van der Waals surface area contributed by atoms with Gasteiger partial charge < -0.3 is 14.6 Å². The quantitative estimate of drug-likeness (QED) is 0.539. The Morgan fingerprint density at radius 3 is 2.59 bits per heavy atom. The minimum atomic E-state index is -0.358. The Hall–Kier alpha value is -2.23. The maximum atomic E-state index is 12.3. The molecular formula is C25H36N2O2. The first-order valence-corrected chi connectivity index (χ1v) is 11.2. The molecule has 0 bridgehead atoms. The number of aryl methyl sites for hydroxylation is 2. The average Bonchev–Trinajstić information content (AvgIpc) is 2.98. The highest BCUT2D eigenvalue weighted by atomic mass is 16.6. The van der Waals surface area contributed by atoms with Gasteiger partial charge in [-0.2, -0.15) is 0 Å². The Morgan fingerprint density at radius 1 is 1.14 bits per heavy atom. The van der Waals surface area contributed by atoms with Gasteiger partial charge >= 0.3 is 6.09 Å². The number of hydrogen-bond donors (Lipinski definition) is 1. The molecule has 0 aliphatic heterocycles. The molecule has 29 heavy (non-hydrogen) atoms. The molecule has 4 nitrogen and oxygen atoms in total. The highest BCUT2D eigenvalue weighted by molar-refractivity contribution is 5.73. The molecule has 1 N–H and O–H groups in total. The molecule has 1 aliphatic rings. The summed E-state index contributed by atoms with van der Waals surface area (Å²) in [6, 6.07) is 8.63. The predicted molar refractivity (Wildman–Crippen MR) is 120 cm³/mol. The molecular weight excluding hydrogens is 360 g/mol. The Bertz CT molecular complexity index is 832. The first-order chi connectivity index (χ1) is 14.0. The molecule has 0 saturated heterocycles. The van der Waals surface area contributed by atoms with Crippen LogP contribution in [0.5, 0.6) is 5.75 Å². The number of hydrogen-bond acceptors (Lipinski definition) is 2. The monoisotopic (exact) mass is 396 g/mol. The maximum absolute atomic E-state index is 12.3. The summed E-state index contributed by atoms with van der Waals surface area (Å²) in [5.41, 5.74) is 5.93. The average molecular weight is 397 g/mol. The van der Waals surface area contributed by atoms with Crippen LogP contribution in [0, 0.1) is 26.7 Å². The Balaban J connectivity index is 1.90. The van der Waals surface area contributed by atoms with Crippen LogP contribution in [0.3, 0.4) is 0 Å². The summed E-state index contributed by atoms with van der Waals surface area (Å²) in [7, 11) is 0. The van der Waals surface area contributed by atoms with Gasteiger partial charge in [0.05, 0.1) is 11.4 Å². The van der Waals surface area contributed by atoms with Crippen LogP contribution in [0.15, 0.2) is 24.3 Å². The van der Waals surface area contributed by atoms with Crippen LogP contribution in [-0.2, 0) is 6.54 Å². The van der Waals surface area contributed by atoms with Crippen LogP contribution >= 0.6 is 0 Å². The minimum Gasteiger partial charge on any atom is -0.408 e. The van der Waals surface area contributed by atoms with Gasteiger partial charge in [-0.15, -0.1) is 0 Å². The van der Waals surface area contributed by atoms with Gasteiger partial charge in [-0.1, -0.05) is 56.4 Å². The van der Waals surface area contributed by atoms with Crippen LogP contribution in [0.1, 0.15) is 68.7 Å². The van der Waals surface area contributed by atoms with Crippen LogP contribution < -0.4 is 10.1 Å². The van der Waals surface area contributed by atoms with Crippen molar-refractivity contribution in [2.45, 2.75) is 79.2 Å². The molecule has 1 heterocycles. The number of rotatable bonds is 7. The third-order valence-electron chi connectivity index (χ3n) is 6.15. The van der Waals surface area contributed by atoms with Gasteiger partial charge in [0.2, 0.25) is 0 Å². The lowest BCUT2D eigenvalue weighted by molar-refractivity contribution is 0.200. The van der Waals surface area contributed by atoms with Crippen molar-refractivity contribution in [3.8, 4) is 17.0 Å². The van der Waals surface area contributed by atoms with E-state index in [1.165, 1.54) is 48.8 Å². The summed E-state index contributed by atoms with van der Waals surface area (Å²) in [6.07, 6.45) is 8.24. The number of carbonyl (C=O) groups is 1. The zero-order chi connectivity index (χ0) is 20.8. The lowest BCUT2D eigenvalue weighted by Gasteiger charge is -2.24. The Morgan fingerprint density at radius 2 is 1.90 bits per heavy atom. The zero-order valence-electron chi connectivity index (χ0n) is 18.5. The van der Waals surface area contributed by atoms with E-state index >= 15 is 0 Å². The normalized spacial score (nSPS) is 14.8. The van der Waals surface area contributed by atoms with Gasteiger partial charge in [0, 0.05) is 24.7 Å².